The zero-order chi connectivity index (χ0) is 17.6. The van der Waals surface area contributed by atoms with Gasteiger partial charge in [0, 0.05) is 23.3 Å². The number of aromatic hydroxyl groups is 2. The Hall–Kier alpha value is -3.35. The summed E-state index contributed by atoms with van der Waals surface area (Å²) in [5.41, 5.74) is 0.827. The Labute approximate surface area is 136 Å². The number of Topliss-reactive ketones (excluding diaryl/α,β-unsaturated/α-hetero) is 1. The third-order valence-corrected chi connectivity index (χ3v) is 3.91. The second-order valence-electron chi connectivity index (χ2n) is 5.44. The van der Waals surface area contributed by atoms with E-state index in [1.165, 1.54) is 31.2 Å². The quantitative estimate of drug-likeness (QED) is 0.498. The first kappa shape index (κ1) is 15.5. The monoisotopic (exact) mass is 327 g/mol. The van der Waals surface area contributed by atoms with Gasteiger partial charge in [-0.25, -0.2) is 0 Å². The summed E-state index contributed by atoms with van der Waals surface area (Å²) < 4.78 is 5.49. The number of rotatable bonds is 2. The molecule has 7 heteroatoms. The summed E-state index contributed by atoms with van der Waals surface area (Å²) in [4.78, 5) is 22.8. The largest absolute Gasteiger partial charge is 0.507 e. The molecule has 24 heavy (non-hydrogen) atoms. The van der Waals surface area contributed by atoms with Crippen LogP contribution in [-0.4, -0.2) is 20.9 Å². The second kappa shape index (κ2) is 5.38. The van der Waals surface area contributed by atoms with E-state index in [4.69, 9.17) is 4.74 Å². The summed E-state index contributed by atoms with van der Waals surface area (Å²) in [5, 5.41) is 30.9. The summed E-state index contributed by atoms with van der Waals surface area (Å²) in [7, 11) is 0. The first-order chi connectivity index (χ1) is 11.3. The first-order valence-electron chi connectivity index (χ1n) is 7.05. The van der Waals surface area contributed by atoms with E-state index in [1.807, 2.05) is 0 Å². The number of carbonyl (C=O) groups excluding carboxylic acids is 1. The molecule has 7 nitrogen and oxygen atoms in total. The fourth-order valence-electron chi connectivity index (χ4n) is 2.58. The number of nitrogens with zero attached hydrogens (tertiary/aromatic N) is 1. The molecule has 3 rings (SSSR count). The molecule has 2 aromatic rings. The van der Waals surface area contributed by atoms with E-state index in [0.717, 1.165) is 0 Å². The minimum Gasteiger partial charge on any atom is -0.507 e. The van der Waals surface area contributed by atoms with Gasteiger partial charge in [-0.05, 0) is 25.5 Å². The maximum Gasteiger partial charge on any atom is 0.270 e. The summed E-state index contributed by atoms with van der Waals surface area (Å²) in [6.07, 6.45) is 1.36. The molecule has 1 aliphatic rings. The van der Waals surface area contributed by atoms with Gasteiger partial charge in [0.15, 0.2) is 5.76 Å². The second-order valence-corrected chi connectivity index (χ2v) is 5.44. The van der Waals surface area contributed by atoms with Crippen LogP contribution in [0.5, 0.6) is 17.2 Å². The Bertz CT molecular complexity index is 929. The molecule has 1 heterocycles. The van der Waals surface area contributed by atoms with Gasteiger partial charge in [0.25, 0.3) is 5.69 Å². The van der Waals surface area contributed by atoms with Crippen LogP contribution in [0.4, 0.5) is 5.69 Å². The van der Waals surface area contributed by atoms with Crippen LogP contribution >= 0.6 is 0 Å². The van der Waals surface area contributed by atoms with Crippen LogP contribution in [0.15, 0.2) is 30.0 Å². The zero-order valence-corrected chi connectivity index (χ0v) is 12.9. The standard InChI is InChI=1S/C17H13NO6/c1-8-14(19)9(2)17-13(15(8)20)16(21)12(24-17)7-10-4-3-5-11(6-10)18(22)23/h3-7,19-20H,1-2H3/b12-7-. The van der Waals surface area contributed by atoms with Crippen LogP contribution in [0.2, 0.25) is 0 Å². The number of nitro groups is 1. The van der Waals surface area contributed by atoms with E-state index >= 15 is 0 Å². The molecule has 0 fully saturated rings. The van der Waals surface area contributed by atoms with Gasteiger partial charge in [0.1, 0.15) is 22.8 Å². The van der Waals surface area contributed by atoms with Crippen LogP contribution < -0.4 is 4.74 Å². The van der Waals surface area contributed by atoms with Crippen LogP contribution in [0.3, 0.4) is 0 Å². The third-order valence-electron chi connectivity index (χ3n) is 3.91. The van der Waals surface area contributed by atoms with Gasteiger partial charge < -0.3 is 14.9 Å². The van der Waals surface area contributed by atoms with Crippen LogP contribution in [0.25, 0.3) is 6.08 Å². The third kappa shape index (κ3) is 2.26. The molecular formula is C17H13NO6. The van der Waals surface area contributed by atoms with Gasteiger partial charge in [-0.3, -0.25) is 14.9 Å². The summed E-state index contributed by atoms with van der Waals surface area (Å²) in [5.74, 6) is -0.998. The molecule has 0 aliphatic carbocycles. The minimum atomic E-state index is -0.541. The average molecular weight is 327 g/mol. The highest BCUT2D eigenvalue weighted by Crippen LogP contribution is 2.46. The first-order valence-corrected chi connectivity index (χ1v) is 7.05. The number of ether oxygens (including phenoxy) is 1. The highest BCUT2D eigenvalue weighted by atomic mass is 16.6. The van der Waals surface area contributed by atoms with E-state index in [1.54, 1.807) is 13.0 Å². The SMILES string of the molecule is Cc1c(O)c(C)c2c(c1O)C(=O)/C(=C/c1cccc([N+](=O)[O-])c1)O2. The number of non-ortho nitro benzene ring substituents is 1. The lowest BCUT2D eigenvalue weighted by Gasteiger charge is -2.09. The van der Waals surface area contributed by atoms with Crippen molar-refractivity contribution in [3.63, 3.8) is 0 Å². The molecular weight excluding hydrogens is 314 g/mol. The van der Waals surface area contributed by atoms with Crippen molar-refractivity contribution >= 4 is 17.5 Å². The van der Waals surface area contributed by atoms with Gasteiger partial charge in [-0.1, -0.05) is 12.1 Å². The Morgan fingerprint density at radius 2 is 1.88 bits per heavy atom. The Kier molecular flexibility index (Phi) is 3.48. The minimum absolute atomic E-state index is 0.0144. The number of carbonyl (C=O) groups is 1. The van der Waals surface area contributed by atoms with Crippen molar-refractivity contribution in [1.29, 1.82) is 0 Å². The van der Waals surface area contributed by atoms with Gasteiger partial charge in [-0.15, -0.1) is 0 Å². The molecule has 0 atom stereocenters. The van der Waals surface area contributed by atoms with Crippen LogP contribution in [-0.2, 0) is 0 Å². The smallest absolute Gasteiger partial charge is 0.270 e. The van der Waals surface area contributed by atoms with Crippen molar-refractivity contribution in [3.8, 4) is 17.2 Å². The molecule has 0 radical (unpaired) electrons. The summed E-state index contributed by atoms with van der Waals surface area (Å²) in [6, 6.07) is 5.73. The number of fused-ring (bicyclic) bond motifs is 1. The molecule has 0 spiro atoms. The fraction of sp³-hybridized carbons (Fsp3) is 0.118. The predicted molar refractivity (Wildman–Crippen MR) is 85.3 cm³/mol. The lowest BCUT2D eigenvalue weighted by Crippen LogP contribution is -1.99. The molecule has 0 amide bonds. The normalized spacial score (nSPS) is 14.6. The van der Waals surface area contributed by atoms with Gasteiger partial charge in [0.05, 0.1) is 4.92 Å². The summed E-state index contributed by atoms with van der Waals surface area (Å²) in [6.45, 7) is 3.07. The maximum atomic E-state index is 12.5. The topological polar surface area (TPSA) is 110 Å². The lowest BCUT2D eigenvalue weighted by molar-refractivity contribution is -0.384. The van der Waals surface area contributed by atoms with E-state index in [-0.39, 0.29) is 39.8 Å². The molecule has 0 saturated carbocycles. The number of hydrogen-bond acceptors (Lipinski definition) is 6. The van der Waals surface area contributed by atoms with Crippen molar-refractivity contribution in [2.45, 2.75) is 13.8 Å². The summed E-state index contributed by atoms with van der Waals surface area (Å²) >= 11 is 0. The number of ketones is 1. The van der Waals surface area contributed by atoms with Crippen LogP contribution in [0.1, 0.15) is 27.0 Å². The van der Waals surface area contributed by atoms with E-state index in [9.17, 15) is 25.1 Å². The molecule has 0 saturated heterocycles. The molecule has 1 aliphatic heterocycles. The number of phenolic OH excluding ortho intramolecular Hbond substituents is 2. The Balaban J connectivity index is 2.09. The molecule has 0 bridgehead atoms. The number of phenols is 2. The maximum absolute atomic E-state index is 12.5. The molecule has 0 aromatic heterocycles. The van der Waals surface area contributed by atoms with Gasteiger partial charge in [-0.2, -0.15) is 0 Å². The molecule has 0 unspecified atom stereocenters. The van der Waals surface area contributed by atoms with Crippen LogP contribution in [0, 0.1) is 24.0 Å². The fourth-order valence-corrected chi connectivity index (χ4v) is 2.58. The van der Waals surface area contributed by atoms with E-state index in [2.05, 4.69) is 0 Å². The van der Waals surface area contributed by atoms with Crippen molar-refractivity contribution in [3.05, 3.63) is 62.4 Å². The highest BCUT2D eigenvalue weighted by Gasteiger charge is 2.35. The highest BCUT2D eigenvalue weighted by molar-refractivity contribution is 6.17. The van der Waals surface area contributed by atoms with Crippen molar-refractivity contribution in [1.82, 2.24) is 0 Å². The predicted octanol–water partition coefficient (Wildman–Crippen LogP) is 3.24. The molecule has 2 aromatic carbocycles. The van der Waals surface area contributed by atoms with E-state index in [0.29, 0.717) is 11.1 Å². The van der Waals surface area contributed by atoms with Crippen molar-refractivity contribution in [2.24, 2.45) is 0 Å². The molecule has 122 valence electrons. The zero-order valence-electron chi connectivity index (χ0n) is 12.9. The average Bonchev–Trinajstić information content (AvgIpc) is 2.88. The number of benzene rings is 2. The van der Waals surface area contributed by atoms with Gasteiger partial charge >= 0.3 is 0 Å². The van der Waals surface area contributed by atoms with E-state index < -0.39 is 10.7 Å². The molecule has 2 N–H and O–H groups in total. The van der Waals surface area contributed by atoms with Gasteiger partial charge in [0.2, 0.25) is 5.78 Å². The lowest BCUT2D eigenvalue weighted by atomic mass is 10.00. The number of hydrogen-bond donors (Lipinski definition) is 2. The Morgan fingerprint density at radius 1 is 1.17 bits per heavy atom. The Morgan fingerprint density at radius 3 is 2.54 bits per heavy atom. The number of nitro benzene ring substituents is 1. The van der Waals surface area contributed by atoms with Crippen molar-refractivity contribution in [2.75, 3.05) is 0 Å². The number of allylic oxidation sites excluding steroid dienone is 1. The van der Waals surface area contributed by atoms with Crippen molar-refractivity contribution < 1.29 is 24.7 Å².